The molecule has 1 heterocycles. The Morgan fingerprint density at radius 1 is 1.25 bits per heavy atom. The van der Waals surface area contributed by atoms with Crippen molar-refractivity contribution in [2.45, 2.75) is 13.8 Å². The zero-order chi connectivity index (χ0) is 14.4. The van der Waals surface area contributed by atoms with Crippen LogP contribution in [0.3, 0.4) is 0 Å². The van der Waals surface area contributed by atoms with Crippen LogP contribution >= 0.6 is 69.2 Å². The van der Waals surface area contributed by atoms with Crippen LogP contribution < -0.4 is 4.74 Å². The molecule has 0 fully saturated rings. The minimum absolute atomic E-state index is 0.160. The summed E-state index contributed by atoms with van der Waals surface area (Å²) in [4.78, 5) is 6.10. The highest BCUT2D eigenvalue weighted by Crippen LogP contribution is 2.25. The second-order valence-electron chi connectivity index (χ2n) is 4.08. The Balaban J connectivity index is 1.73. The van der Waals surface area contributed by atoms with Crippen molar-refractivity contribution in [3.05, 3.63) is 47.0 Å². The van der Waals surface area contributed by atoms with Crippen molar-refractivity contribution in [2.24, 2.45) is 0 Å². The van der Waals surface area contributed by atoms with Crippen LogP contribution in [-0.4, -0.2) is 23.8 Å². The summed E-state index contributed by atoms with van der Waals surface area (Å²) in [5, 5.41) is 0. The molecule has 0 saturated heterocycles. The van der Waals surface area contributed by atoms with E-state index >= 15 is 0 Å². The molecule has 2 aromatic rings. The molecule has 0 aliphatic rings. The largest absolute Gasteiger partial charge is 0.479 e. The third kappa shape index (κ3) is 5.57. The average Bonchev–Trinajstić information content (AvgIpc) is 2.85. The van der Waals surface area contributed by atoms with Gasteiger partial charge in [0.1, 0.15) is 5.75 Å². The van der Waals surface area contributed by atoms with Gasteiger partial charge in [-0.1, -0.05) is 40.8 Å². The van der Waals surface area contributed by atoms with Gasteiger partial charge in [0.05, 0.1) is 3.92 Å². The lowest BCUT2D eigenvalue weighted by Gasteiger charge is -2.18. The Hall–Kier alpha value is 0.260. The number of hydrogen-bond acceptors (Lipinski definition) is 3. The smallest absolute Gasteiger partial charge is 0.174 e. The first-order valence-electron chi connectivity index (χ1n) is 5.99. The predicted molar refractivity (Wildman–Crippen MR) is 105 cm³/mol. The Morgan fingerprint density at radius 3 is 2.65 bits per heavy atom. The molecule has 20 heavy (non-hydrogen) atoms. The fourth-order valence-electron chi connectivity index (χ4n) is 1.51. The number of imidazole rings is 1. The number of H-pyrrole nitrogens is 2. The number of aromatic nitrogens is 2. The molecule has 7 heteroatoms. The predicted octanol–water partition coefficient (Wildman–Crippen LogP) is 4.95. The van der Waals surface area contributed by atoms with Crippen molar-refractivity contribution in [1.29, 1.82) is 0 Å². The van der Waals surface area contributed by atoms with Crippen LogP contribution in [0.25, 0.3) is 0 Å². The zero-order valence-corrected chi connectivity index (χ0v) is 16.5. The minimum Gasteiger partial charge on any atom is -0.479 e. The highest BCUT2D eigenvalue weighted by Gasteiger charge is 2.17. The van der Waals surface area contributed by atoms with Gasteiger partial charge in [0.15, 0.2) is 8.88 Å². The van der Waals surface area contributed by atoms with Gasteiger partial charge in [0.2, 0.25) is 0 Å². The second kappa shape index (κ2) is 8.64. The number of rotatable bonds is 7. The molecule has 2 N–H and O–H groups in total. The lowest BCUT2D eigenvalue weighted by Crippen LogP contribution is -2.22. The molecule has 0 spiro atoms. The normalized spacial score (nSPS) is 13.9. The molecule has 2 unspecified atom stereocenters. The minimum atomic E-state index is 0.160. The van der Waals surface area contributed by atoms with E-state index in [1.54, 1.807) is 0 Å². The Labute approximate surface area is 154 Å². The van der Waals surface area contributed by atoms with Crippen molar-refractivity contribution < 1.29 is 4.74 Å². The van der Waals surface area contributed by atoms with Crippen LogP contribution in [-0.2, 0) is 5.75 Å². The van der Waals surface area contributed by atoms with E-state index < -0.39 is 0 Å². The fraction of sp³-hybridized carbons (Fsp3) is 0.308. The SMILES string of the molecule is S=c1[nH]cc(CSCC(I)C(I)Oc2ccccc2)[nH]1. The number of para-hydroxylation sites is 1. The van der Waals surface area contributed by atoms with Gasteiger partial charge >= 0.3 is 0 Å². The first-order chi connectivity index (χ1) is 9.65. The van der Waals surface area contributed by atoms with Crippen LogP contribution in [0.4, 0.5) is 0 Å². The lowest BCUT2D eigenvalue weighted by molar-refractivity contribution is 0.309. The van der Waals surface area contributed by atoms with Gasteiger partial charge in [-0.2, -0.15) is 11.8 Å². The number of benzene rings is 1. The van der Waals surface area contributed by atoms with Crippen molar-refractivity contribution in [2.75, 3.05) is 5.75 Å². The molecule has 2 rings (SSSR count). The number of ether oxygens (including phenoxy) is 1. The molecule has 0 radical (unpaired) electrons. The standard InChI is InChI=1S/C13H14I2N2OS2/c14-11(8-20-7-9-6-16-13(19)17-9)12(15)18-10-4-2-1-3-5-10/h1-6,11-12H,7-8H2,(H2,16,17,19). The highest BCUT2D eigenvalue weighted by atomic mass is 127. The van der Waals surface area contributed by atoms with E-state index in [0.29, 0.717) is 8.70 Å². The molecular formula is C13H14I2N2OS2. The topological polar surface area (TPSA) is 40.8 Å². The molecule has 1 aromatic carbocycles. The van der Waals surface area contributed by atoms with Crippen molar-refractivity contribution >= 4 is 69.2 Å². The molecule has 108 valence electrons. The first-order valence-corrected chi connectivity index (χ1v) is 10.0. The Kier molecular flexibility index (Phi) is 7.18. The third-order valence-electron chi connectivity index (χ3n) is 2.46. The maximum Gasteiger partial charge on any atom is 0.174 e. The number of nitrogens with one attached hydrogen (secondary N) is 2. The number of halogens is 2. The molecule has 1 aromatic heterocycles. The third-order valence-corrected chi connectivity index (χ3v) is 7.98. The first kappa shape index (κ1) is 16.6. The van der Waals surface area contributed by atoms with Crippen molar-refractivity contribution in [3.8, 4) is 5.75 Å². The summed E-state index contributed by atoms with van der Waals surface area (Å²) in [5.41, 5.74) is 1.14. The molecule has 0 aliphatic heterocycles. The van der Waals surface area contributed by atoms with Crippen LogP contribution in [0.2, 0.25) is 0 Å². The summed E-state index contributed by atoms with van der Waals surface area (Å²) < 4.78 is 7.21. The Morgan fingerprint density at radius 2 is 2.00 bits per heavy atom. The molecule has 2 atom stereocenters. The molecule has 3 nitrogen and oxygen atoms in total. The number of alkyl halides is 2. The molecule has 0 aliphatic carbocycles. The number of hydrogen-bond donors (Lipinski definition) is 2. The quantitative estimate of drug-likeness (QED) is 0.302. The van der Waals surface area contributed by atoms with Gasteiger partial charge in [-0.25, -0.2) is 0 Å². The van der Waals surface area contributed by atoms with Crippen molar-refractivity contribution in [1.82, 2.24) is 9.97 Å². The van der Waals surface area contributed by atoms with E-state index in [1.165, 1.54) is 0 Å². The maximum atomic E-state index is 5.92. The van der Waals surface area contributed by atoms with E-state index in [1.807, 2.05) is 48.3 Å². The number of aromatic amines is 2. The second-order valence-corrected chi connectivity index (χ2v) is 8.35. The summed E-state index contributed by atoms with van der Waals surface area (Å²) in [6.45, 7) is 0. The average molecular weight is 532 g/mol. The summed E-state index contributed by atoms with van der Waals surface area (Å²) in [7, 11) is 0. The van der Waals surface area contributed by atoms with E-state index in [9.17, 15) is 0 Å². The van der Waals surface area contributed by atoms with E-state index in [4.69, 9.17) is 17.0 Å². The van der Waals surface area contributed by atoms with E-state index in [2.05, 4.69) is 55.1 Å². The van der Waals surface area contributed by atoms with Crippen LogP contribution in [0.15, 0.2) is 36.5 Å². The summed E-state index contributed by atoms with van der Waals surface area (Å²) in [6.07, 6.45) is 1.93. The van der Waals surface area contributed by atoms with Gasteiger partial charge in [-0.05, 0) is 46.9 Å². The van der Waals surface area contributed by atoms with Crippen LogP contribution in [0.1, 0.15) is 5.69 Å². The Bertz CT molecular complexity index is 573. The monoisotopic (exact) mass is 532 g/mol. The van der Waals surface area contributed by atoms with E-state index in [0.717, 1.165) is 22.9 Å². The van der Waals surface area contributed by atoms with Gasteiger partial charge in [-0.3, -0.25) is 0 Å². The summed E-state index contributed by atoms with van der Waals surface area (Å²) in [5.74, 6) is 2.89. The molecule has 0 bridgehead atoms. The van der Waals surface area contributed by atoms with Gasteiger partial charge < -0.3 is 14.7 Å². The van der Waals surface area contributed by atoms with Crippen LogP contribution in [0, 0.1) is 4.77 Å². The molecule has 0 saturated carbocycles. The number of thioether (sulfide) groups is 1. The molecule has 0 amide bonds. The van der Waals surface area contributed by atoms with Crippen molar-refractivity contribution in [3.63, 3.8) is 0 Å². The lowest BCUT2D eigenvalue weighted by atomic mass is 10.3. The summed E-state index contributed by atoms with van der Waals surface area (Å²) >= 11 is 11.7. The van der Waals surface area contributed by atoms with Gasteiger partial charge in [-0.15, -0.1) is 0 Å². The highest BCUT2D eigenvalue weighted by molar-refractivity contribution is 14.1. The maximum absolute atomic E-state index is 5.92. The summed E-state index contributed by atoms with van der Waals surface area (Å²) in [6, 6.07) is 9.95. The van der Waals surface area contributed by atoms with Gasteiger partial charge in [0.25, 0.3) is 0 Å². The van der Waals surface area contributed by atoms with E-state index in [-0.39, 0.29) is 4.11 Å². The van der Waals surface area contributed by atoms with Crippen LogP contribution in [0.5, 0.6) is 5.75 Å². The zero-order valence-electron chi connectivity index (χ0n) is 10.5. The fourth-order valence-corrected chi connectivity index (χ4v) is 4.39. The molecular weight excluding hydrogens is 518 g/mol. The van der Waals surface area contributed by atoms with Gasteiger partial charge in [0, 0.05) is 23.4 Å².